The van der Waals surface area contributed by atoms with Gasteiger partial charge in [-0.3, -0.25) is 9.78 Å². The van der Waals surface area contributed by atoms with Gasteiger partial charge in [0.2, 0.25) is 5.91 Å². The summed E-state index contributed by atoms with van der Waals surface area (Å²) in [6.45, 7) is 1.89. The second-order valence-corrected chi connectivity index (χ2v) is 8.56. The Morgan fingerprint density at radius 2 is 1.94 bits per heavy atom. The maximum Gasteiger partial charge on any atom is 0.225 e. The highest BCUT2D eigenvalue weighted by molar-refractivity contribution is 9.10. The van der Waals surface area contributed by atoms with Crippen molar-refractivity contribution in [2.75, 3.05) is 0 Å². The third-order valence-corrected chi connectivity index (χ3v) is 5.77. The van der Waals surface area contributed by atoms with Crippen LogP contribution in [0, 0.1) is 18.6 Å². The number of nitrogens with one attached hydrogen (secondary N) is 2. The first-order valence-corrected chi connectivity index (χ1v) is 10.7. The van der Waals surface area contributed by atoms with E-state index in [0.29, 0.717) is 15.7 Å². The third kappa shape index (κ3) is 4.96. The van der Waals surface area contributed by atoms with Crippen LogP contribution in [0.1, 0.15) is 28.4 Å². The second-order valence-electron chi connectivity index (χ2n) is 7.70. The lowest BCUT2D eigenvalue weighted by Crippen LogP contribution is -2.32. The monoisotopic (exact) mass is 499 g/mol. The molecule has 1 atom stereocenters. The summed E-state index contributed by atoms with van der Waals surface area (Å²) in [5, 5.41) is 13.5. The summed E-state index contributed by atoms with van der Waals surface area (Å²) in [4.78, 5) is 20.5. The van der Waals surface area contributed by atoms with Gasteiger partial charge in [0.25, 0.3) is 0 Å². The number of aryl methyl sites for hydroxylation is 1. The molecule has 0 aliphatic rings. The van der Waals surface area contributed by atoms with Gasteiger partial charge in [0.1, 0.15) is 17.4 Å². The normalized spacial score (nSPS) is 12.1. The molecule has 0 saturated heterocycles. The molecule has 4 rings (SSSR count). The molecule has 3 N–H and O–H groups in total. The number of carbonyl (C=O) groups is 1. The predicted molar refractivity (Wildman–Crippen MR) is 121 cm³/mol. The van der Waals surface area contributed by atoms with Gasteiger partial charge in [0, 0.05) is 33.8 Å². The molecule has 164 valence electrons. The number of nitrogens with zero attached hydrogens (tertiary/aromatic N) is 1. The van der Waals surface area contributed by atoms with Gasteiger partial charge >= 0.3 is 0 Å². The zero-order chi connectivity index (χ0) is 22.8. The van der Waals surface area contributed by atoms with Crippen molar-refractivity contribution >= 4 is 32.7 Å². The van der Waals surface area contributed by atoms with Crippen molar-refractivity contribution in [3.63, 3.8) is 0 Å². The smallest absolute Gasteiger partial charge is 0.225 e. The number of rotatable bonds is 6. The summed E-state index contributed by atoms with van der Waals surface area (Å²) in [5.41, 5.74) is 3.42. The van der Waals surface area contributed by atoms with Gasteiger partial charge in [0.15, 0.2) is 0 Å². The minimum Gasteiger partial charge on any atom is -0.508 e. The van der Waals surface area contributed by atoms with Gasteiger partial charge in [-0.2, -0.15) is 0 Å². The molecule has 0 aliphatic heterocycles. The van der Waals surface area contributed by atoms with E-state index in [2.05, 4.69) is 31.2 Å². The number of hydrogen-bond donors (Lipinski definition) is 3. The fraction of sp³-hybridized carbons (Fsp3) is 0.167. The fourth-order valence-electron chi connectivity index (χ4n) is 3.71. The third-order valence-electron chi connectivity index (χ3n) is 5.14. The van der Waals surface area contributed by atoms with Crippen LogP contribution in [-0.2, 0) is 17.6 Å². The number of carbonyl (C=O) groups excluding carboxylic acids is 1. The summed E-state index contributed by atoms with van der Waals surface area (Å²) in [7, 11) is 0. The van der Waals surface area contributed by atoms with Crippen LogP contribution in [-0.4, -0.2) is 21.0 Å². The molecule has 0 aliphatic carbocycles. The van der Waals surface area contributed by atoms with E-state index in [1.165, 1.54) is 12.1 Å². The van der Waals surface area contributed by atoms with Crippen LogP contribution in [0.3, 0.4) is 0 Å². The van der Waals surface area contributed by atoms with Gasteiger partial charge in [0.05, 0.1) is 18.2 Å². The lowest BCUT2D eigenvalue weighted by Gasteiger charge is -2.20. The van der Waals surface area contributed by atoms with E-state index in [4.69, 9.17) is 0 Å². The Bertz CT molecular complexity index is 1290. The number of pyridine rings is 1. The average Bonchev–Trinajstić information content (AvgIpc) is 3.08. The zero-order valence-electron chi connectivity index (χ0n) is 17.1. The molecular formula is C24H20BrF2N3O2. The van der Waals surface area contributed by atoms with Crippen LogP contribution in [0.15, 0.2) is 59.3 Å². The Labute approximate surface area is 191 Å². The van der Waals surface area contributed by atoms with Crippen molar-refractivity contribution in [1.29, 1.82) is 0 Å². The van der Waals surface area contributed by atoms with Crippen LogP contribution in [0.2, 0.25) is 0 Å². The molecule has 4 aromatic rings. The highest BCUT2D eigenvalue weighted by Crippen LogP contribution is 2.27. The lowest BCUT2D eigenvalue weighted by atomic mass is 10.0. The standard InChI is InChI=1S/C24H20BrF2N3O2/c1-13-4-20(25)24(29-11-13)22(7-14-5-16(26)9-17(27)6-14)30-23(32)8-15-12-28-21-3-2-18(31)10-19(15)21/h2-6,9-12,22,28,31H,7-8H2,1H3,(H,30,32)/t22-/m0/s1. The second kappa shape index (κ2) is 9.08. The van der Waals surface area contributed by atoms with Gasteiger partial charge < -0.3 is 15.4 Å². The van der Waals surface area contributed by atoms with Crippen molar-refractivity contribution in [2.24, 2.45) is 0 Å². The molecule has 2 aromatic heterocycles. The summed E-state index contributed by atoms with van der Waals surface area (Å²) in [5.74, 6) is -1.54. The topological polar surface area (TPSA) is 78.0 Å². The summed E-state index contributed by atoms with van der Waals surface area (Å²) < 4.78 is 28.2. The number of phenolic OH excluding ortho intramolecular Hbond substituents is 1. The van der Waals surface area contributed by atoms with Crippen LogP contribution >= 0.6 is 15.9 Å². The Morgan fingerprint density at radius 3 is 2.66 bits per heavy atom. The van der Waals surface area contributed by atoms with E-state index in [-0.39, 0.29) is 24.5 Å². The molecule has 0 radical (unpaired) electrons. The summed E-state index contributed by atoms with van der Waals surface area (Å²) in [6, 6.07) is 9.45. The van der Waals surface area contributed by atoms with E-state index in [0.717, 1.165) is 28.1 Å². The van der Waals surface area contributed by atoms with Gasteiger partial charge in [-0.05, 0) is 82.4 Å². The zero-order valence-corrected chi connectivity index (χ0v) is 18.7. The van der Waals surface area contributed by atoms with Crippen LogP contribution in [0.4, 0.5) is 8.78 Å². The van der Waals surface area contributed by atoms with Crippen LogP contribution in [0.25, 0.3) is 10.9 Å². The molecule has 2 heterocycles. The summed E-state index contributed by atoms with van der Waals surface area (Å²) in [6.07, 6.45) is 3.61. The largest absolute Gasteiger partial charge is 0.508 e. The molecular weight excluding hydrogens is 480 g/mol. The predicted octanol–water partition coefficient (Wildman–Crippen LogP) is 5.26. The Kier molecular flexibility index (Phi) is 6.23. The number of halogens is 3. The number of amides is 1. The van der Waals surface area contributed by atoms with Crippen LogP contribution < -0.4 is 5.32 Å². The lowest BCUT2D eigenvalue weighted by molar-refractivity contribution is -0.121. The van der Waals surface area contributed by atoms with Gasteiger partial charge in [-0.15, -0.1) is 0 Å². The van der Waals surface area contributed by atoms with E-state index in [9.17, 15) is 18.7 Å². The van der Waals surface area contributed by atoms with Crippen molar-refractivity contribution in [2.45, 2.75) is 25.8 Å². The van der Waals surface area contributed by atoms with E-state index < -0.39 is 17.7 Å². The number of phenols is 1. The number of H-pyrrole nitrogens is 1. The molecule has 32 heavy (non-hydrogen) atoms. The quantitative estimate of drug-likeness (QED) is 0.338. The first-order chi connectivity index (χ1) is 15.3. The van der Waals surface area contributed by atoms with Crippen molar-refractivity contribution in [3.8, 4) is 5.75 Å². The molecule has 0 bridgehead atoms. The van der Waals surface area contributed by atoms with Gasteiger partial charge in [-0.1, -0.05) is 0 Å². The first-order valence-electron chi connectivity index (χ1n) is 9.94. The minimum atomic E-state index is -0.681. The highest BCUT2D eigenvalue weighted by Gasteiger charge is 2.21. The average molecular weight is 500 g/mol. The Hall–Kier alpha value is -3.26. The number of hydrogen-bond acceptors (Lipinski definition) is 3. The number of aromatic amines is 1. The molecule has 0 spiro atoms. The number of aromatic nitrogens is 2. The van der Waals surface area contributed by atoms with E-state index in [1.54, 1.807) is 30.6 Å². The molecule has 0 unspecified atom stereocenters. The first kappa shape index (κ1) is 22.0. The number of aromatic hydroxyl groups is 1. The van der Waals surface area contributed by atoms with Crippen molar-refractivity contribution in [3.05, 3.63) is 93.3 Å². The maximum absolute atomic E-state index is 13.7. The van der Waals surface area contributed by atoms with Crippen LogP contribution in [0.5, 0.6) is 5.75 Å². The highest BCUT2D eigenvalue weighted by atomic mass is 79.9. The van der Waals surface area contributed by atoms with Crippen molar-refractivity contribution < 1.29 is 18.7 Å². The maximum atomic E-state index is 13.7. The fourth-order valence-corrected chi connectivity index (χ4v) is 4.45. The Balaban J connectivity index is 1.61. The molecule has 1 amide bonds. The molecule has 0 fully saturated rings. The molecule has 2 aromatic carbocycles. The SMILES string of the molecule is Cc1cnc([C@H](Cc2cc(F)cc(F)c2)NC(=O)Cc2c[nH]c3ccc(O)cc23)c(Br)c1. The van der Waals surface area contributed by atoms with Crippen molar-refractivity contribution in [1.82, 2.24) is 15.3 Å². The molecule has 8 heteroatoms. The minimum absolute atomic E-state index is 0.0565. The molecule has 0 saturated carbocycles. The number of fused-ring (bicyclic) bond motifs is 1. The summed E-state index contributed by atoms with van der Waals surface area (Å²) >= 11 is 3.49. The van der Waals surface area contributed by atoms with E-state index >= 15 is 0 Å². The molecule has 5 nitrogen and oxygen atoms in total. The number of benzene rings is 2. The van der Waals surface area contributed by atoms with E-state index in [1.807, 2.05) is 13.0 Å². The van der Waals surface area contributed by atoms with Gasteiger partial charge in [-0.25, -0.2) is 8.78 Å². The Morgan fingerprint density at radius 1 is 1.19 bits per heavy atom.